The summed E-state index contributed by atoms with van der Waals surface area (Å²) in [5.74, 6) is -2.95. The van der Waals surface area contributed by atoms with Gasteiger partial charge >= 0.3 is 0 Å². The van der Waals surface area contributed by atoms with Gasteiger partial charge in [-0.1, -0.05) is 25.1 Å². The smallest absolute Gasteiger partial charge is 0.264 e. The molecule has 2 N–H and O–H groups in total. The van der Waals surface area contributed by atoms with Crippen LogP contribution in [0.3, 0.4) is 0 Å². The van der Waals surface area contributed by atoms with Gasteiger partial charge in [0.2, 0.25) is 0 Å². The van der Waals surface area contributed by atoms with Crippen LogP contribution in [-0.2, 0) is 27.7 Å². The molecule has 8 nitrogen and oxygen atoms in total. The van der Waals surface area contributed by atoms with Crippen molar-refractivity contribution in [3.05, 3.63) is 70.1 Å². The topological polar surface area (TPSA) is 109 Å². The van der Waals surface area contributed by atoms with Crippen LogP contribution < -0.4 is 11.0 Å². The number of aromatic nitrogens is 1. The number of pyridine rings is 1. The number of benzene rings is 2. The molecule has 1 heterocycles. The Morgan fingerprint density at radius 3 is 2.42 bits per heavy atom. The number of fused-ring (bicyclic) bond motifs is 1. The second-order valence-electron chi connectivity index (χ2n) is 9.07. The normalized spacial score (nSPS) is 13.7. The quantitative estimate of drug-likeness (QED) is 0.331. The van der Waals surface area contributed by atoms with E-state index in [9.17, 15) is 26.8 Å². The van der Waals surface area contributed by atoms with Crippen molar-refractivity contribution >= 4 is 26.5 Å². The number of hydrogen-bond donors (Lipinski definition) is 2. The van der Waals surface area contributed by atoms with Crippen LogP contribution in [0.1, 0.15) is 25.3 Å². The van der Waals surface area contributed by atoms with Gasteiger partial charge in [0, 0.05) is 42.1 Å². The summed E-state index contributed by atoms with van der Waals surface area (Å²) in [6.45, 7) is 1.66. The summed E-state index contributed by atoms with van der Waals surface area (Å²) in [6.07, 6.45) is 2.03. The molecule has 0 aliphatic heterocycles. The van der Waals surface area contributed by atoms with E-state index in [1.807, 2.05) is 0 Å². The van der Waals surface area contributed by atoms with Crippen LogP contribution in [0.2, 0.25) is 0 Å². The minimum Gasteiger partial charge on any atom is -0.315 e. The molecule has 36 heavy (non-hydrogen) atoms. The summed E-state index contributed by atoms with van der Waals surface area (Å²) in [6, 6.07) is 9.23. The lowest BCUT2D eigenvalue weighted by Crippen LogP contribution is -2.51. The minimum atomic E-state index is -3.92. The van der Waals surface area contributed by atoms with Crippen LogP contribution in [0.25, 0.3) is 21.9 Å². The molecule has 2 aromatic carbocycles. The Hall–Kier alpha value is -3.15. The van der Waals surface area contributed by atoms with Gasteiger partial charge in [-0.25, -0.2) is 22.7 Å². The molecule has 1 amide bonds. The Kier molecular flexibility index (Phi) is 7.97. The number of nitrogens with one attached hydrogen (secondary N) is 1. The van der Waals surface area contributed by atoms with Crippen molar-refractivity contribution in [2.24, 2.45) is 0 Å². The first-order valence-electron chi connectivity index (χ1n) is 11.3. The first-order valence-corrected chi connectivity index (χ1v) is 13.1. The van der Waals surface area contributed by atoms with Crippen LogP contribution in [0.15, 0.2) is 47.4 Å². The Morgan fingerprint density at radius 1 is 1.14 bits per heavy atom. The zero-order valence-electron chi connectivity index (χ0n) is 20.5. The zero-order chi connectivity index (χ0) is 26.8. The van der Waals surface area contributed by atoms with Gasteiger partial charge in [-0.15, -0.1) is 0 Å². The highest BCUT2D eigenvalue weighted by Gasteiger charge is 2.46. The molecular formula is C25H29F2N3O5S. The van der Waals surface area contributed by atoms with Crippen LogP contribution in [0.4, 0.5) is 8.78 Å². The van der Waals surface area contributed by atoms with E-state index in [1.165, 1.54) is 47.4 Å². The lowest BCUT2D eigenvalue weighted by Gasteiger charge is -2.28. The van der Waals surface area contributed by atoms with Gasteiger partial charge < -0.3 is 9.47 Å². The molecule has 0 aliphatic carbocycles. The molecule has 3 rings (SSSR count). The molecular weight excluding hydrogens is 492 g/mol. The van der Waals surface area contributed by atoms with Crippen molar-refractivity contribution in [2.45, 2.75) is 37.6 Å². The highest BCUT2D eigenvalue weighted by Crippen LogP contribution is 2.30. The van der Waals surface area contributed by atoms with Crippen molar-refractivity contribution in [1.82, 2.24) is 14.9 Å². The number of rotatable bonds is 9. The third kappa shape index (κ3) is 5.04. The summed E-state index contributed by atoms with van der Waals surface area (Å²) in [5, 5.41) is 9.86. The average molecular weight is 522 g/mol. The lowest BCUT2D eigenvalue weighted by atomic mass is 9.99. The molecule has 3 aromatic rings. The Labute approximate surface area is 208 Å². The van der Waals surface area contributed by atoms with Gasteiger partial charge in [-0.05, 0) is 56.1 Å². The fourth-order valence-corrected chi connectivity index (χ4v) is 5.75. The monoisotopic (exact) mass is 521 g/mol. The van der Waals surface area contributed by atoms with E-state index in [4.69, 9.17) is 5.21 Å². The van der Waals surface area contributed by atoms with Gasteiger partial charge in [0.05, 0.1) is 0 Å². The third-order valence-corrected chi connectivity index (χ3v) is 8.59. The molecule has 0 spiro atoms. The fraction of sp³-hybridized carbons (Fsp3) is 0.360. The largest absolute Gasteiger partial charge is 0.315 e. The van der Waals surface area contributed by atoms with E-state index in [0.717, 1.165) is 6.26 Å². The van der Waals surface area contributed by atoms with Gasteiger partial charge in [-0.3, -0.25) is 14.8 Å². The molecule has 0 bridgehead atoms. The standard InChI is InChI=1S/C25H29F2N3O5S/c1-5-25(24(32)28-33,36(4,34)35)11-13-30-12-10-17-14-16(6-9-20(17)23(30)31)19-8-7-18(15-29(2)3)21(26)22(19)27/h6-10,12,14,33H,5,11,13,15H2,1-4H3,(H,28,32)/t25-/m1/s1. The number of sulfone groups is 1. The van der Waals surface area contributed by atoms with Crippen molar-refractivity contribution in [1.29, 1.82) is 0 Å². The Balaban J connectivity index is 1.97. The zero-order valence-corrected chi connectivity index (χ0v) is 21.3. The number of halogens is 2. The second-order valence-corrected chi connectivity index (χ2v) is 11.4. The highest BCUT2D eigenvalue weighted by atomic mass is 32.2. The van der Waals surface area contributed by atoms with Crippen LogP contribution in [-0.4, -0.2) is 54.1 Å². The van der Waals surface area contributed by atoms with Crippen molar-refractivity contribution in [3.63, 3.8) is 0 Å². The van der Waals surface area contributed by atoms with Crippen LogP contribution in [0.5, 0.6) is 0 Å². The number of carbonyl (C=O) groups is 1. The molecule has 0 saturated carbocycles. The third-order valence-electron chi connectivity index (χ3n) is 6.49. The van der Waals surface area contributed by atoms with E-state index in [-0.39, 0.29) is 37.1 Å². The molecule has 0 unspecified atom stereocenters. The maximum atomic E-state index is 14.8. The number of hydrogen-bond acceptors (Lipinski definition) is 6. The van der Waals surface area contributed by atoms with Gasteiger partial charge in [-0.2, -0.15) is 0 Å². The minimum absolute atomic E-state index is 0.0667. The maximum absolute atomic E-state index is 14.8. The number of nitrogens with zero attached hydrogens (tertiary/aromatic N) is 2. The number of carbonyl (C=O) groups excluding carboxylic acids is 1. The van der Waals surface area contributed by atoms with Crippen molar-refractivity contribution in [2.75, 3.05) is 20.4 Å². The second kappa shape index (κ2) is 10.5. The molecule has 0 saturated heterocycles. The van der Waals surface area contributed by atoms with Crippen LogP contribution in [0, 0.1) is 11.6 Å². The first kappa shape index (κ1) is 27.4. The lowest BCUT2D eigenvalue weighted by molar-refractivity contribution is -0.132. The van der Waals surface area contributed by atoms with Gasteiger partial charge in [0.25, 0.3) is 11.5 Å². The summed E-state index contributed by atoms with van der Waals surface area (Å²) < 4.78 is 53.5. The molecule has 1 atom stereocenters. The van der Waals surface area contributed by atoms with E-state index < -0.39 is 37.7 Å². The van der Waals surface area contributed by atoms with Crippen molar-refractivity contribution in [3.8, 4) is 11.1 Å². The Morgan fingerprint density at radius 2 is 1.83 bits per heavy atom. The molecule has 0 radical (unpaired) electrons. The predicted molar refractivity (Wildman–Crippen MR) is 133 cm³/mol. The van der Waals surface area contributed by atoms with E-state index >= 15 is 0 Å². The molecule has 194 valence electrons. The van der Waals surface area contributed by atoms with E-state index in [2.05, 4.69) is 0 Å². The van der Waals surface area contributed by atoms with Gasteiger partial charge in [0.15, 0.2) is 26.2 Å². The predicted octanol–water partition coefficient (Wildman–Crippen LogP) is 3.10. The molecule has 11 heteroatoms. The summed E-state index contributed by atoms with van der Waals surface area (Å²) in [4.78, 5) is 27.0. The molecule has 1 aromatic heterocycles. The molecule has 0 aliphatic rings. The SMILES string of the molecule is CC[C@@](CCn1ccc2cc(-c3ccc(CN(C)C)c(F)c3F)ccc2c1=O)(C(=O)NO)S(C)(=O)=O. The summed E-state index contributed by atoms with van der Waals surface area (Å²) in [5.41, 5.74) is 1.68. The fourth-order valence-electron chi connectivity index (χ4n) is 4.38. The van der Waals surface area contributed by atoms with Gasteiger partial charge in [0.1, 0.15) is 0 Å². The Bertz CT molecular complexity index is 1470. The number of amides is 1. The van der Waals surface area contributed by atoms with Crippen LogP contribution >= 0.6 is 0 Å². The number of aryl methyl sites for hydroxylation is 1. The molecule has 0 fully saturated rings. The van der Waals surface area contributed by atoms with Crippen molar-refractivity contribution < 1.29 is 27.2 Å². The highest BCUT2D eigenvalue weighted by molar-refractivity contribution is 7.92. The van der Waals surface area contributed by atoms with E-state index in [1.54, 1.807) is 31.1 Å². The summed E-state index contributed by atoms with van der Waals surface area (Å²) >= 11 is 0. The first-order chi connectivity index (χ1) is 16.9. The maximum Gasteiger partial charge on any atom is 0.264 e. The summed E-state index contributed by atoms with van der Waals surface area (Å²) in [7, 11) is -0.411. The van der Waals surface area contributed by atoms with E-state index in [0.29, 0.717) is 16.3 Å². The average Bonchev–Trinajstić information content (AvgIpc) is 2.82. The number of hydroxylamine groups is 1.